The number of aromatic nitrogens is 4. The van der Waals surface area contributed by atoms with Crippen LogP contribution in [0.3, 0.4) is 0 Å². The van der Waals surface area contributed by atoms with Gasteiger partial charge in [-0.15, -0.1) is 0 Å². The van der Waals surface area contributed by atoms with E-state index in [9.17, 15) is 0 Å². The van der Waals surface area contributed by atoms with Gasteiger partial charge in [-0.25, -0.2) is 9.59 Å². The molecule has 4 aliphatic rings. The van der Waals surface area contributed by atoms with E-state index in [2.05, 4.69) is 44.2 Å². The summed E-state index contributed by atoms with van der Waals surface area (Å²) in [7, 11) is 4.31. The Kier molecular flexibility index (Phi) is 8.68. The Hall–Kier alpha value is -2.86. The average Bonchev–Trinajstić information content (AvgIpc) is 3.79. The van der Waals surface area contributed by atoms with Crippen molar-refractivity contribution in [3.63, 3.8) is 0 Å². The van der Waals surface area contributed by atoms with Crippen LogP contribution in [0.2, 0.25) is 0 Å². The van der Waals surface area contributed by atoms with Gasteiger partial charge >= 0.3 is 11.9 Å². The van der Waals surface area contributed by atoms with Crippen molar-refractivity contribution in [3.05, 3.63) is 23.4 Å². The molecule has 0 aromatic carbocycles. The van der Waals surface area contributed by atoms with Crippen LogP contribution in [0.15, 0.2) is 9.05 Å². The quantitative estimate of drug-likeness (QED) is 0.587. The lowest BCUT2D eigenvalue weighted by Gasteiger charge is -2.27. The van der Waals surface area contributed by atoms with E-state index in [0.717, 1.165) is 36.5 Å². The first-order chi connectivity index (χ1) is 17.3. The number of aliphatic carboxylic acids is 2. The first kappa shape index (κ1) is 26.2. The number of nitrogens with zero attached hydrogens (tertiary/aromatic N) is 6. The monoisotopic (exact) mass is 504 g/mol. The Morgan fingerprint density at radius 1 is 0.694 bits per heavy atom. The van der Waals surface area contributed by atoms with Gasteiger partial charge in [0.25, 0.3) is 0 Å². The summed E-state index contributed by atoms with van der Waals surface area (Å²) in [6, 6.07) is 0. The first-order valence-electron chi connectivity index (χ1n) is 12.8. The topological polar surface area (TPSA) is 159 Å². The maximum absolute atomic E-state index is 9.10. The highest BCUT2D eigenvalue weighted by Gasteiger charge is 2.32. The Bertz CT molecular complexity index is 936. The first-order valence-corrected chi connectivity index (χ1v) is 12.8. The zero-order valence-corrected chi connectivity index (χ0v) is 21.0. The van der Waals surface area contributed by atoms with E-state index < -0.39 is 11.9 Å². The third-order valence-electron chi connectivity index (χ3n) is 6.93. The molecule has 2 aromatic rings. The molecule has 12 nitrogen and oxygen atoms in total. The Balaban J connectivity index is 0.000000139. The van der Waals surface area contributed by atoms with Crippen LogP contribution in [0, 0.1) is 0 Å². The van der Waals surface area contributed by atoms with Crippen molar-refractivity contribution in [2.45, 2.75) is 75.0 Å². The number of carboxylic acids is 2. The molecule has 36 heavy (non-hydrogen) atoms. The zero-order chi connectivity index (χ0) is 25.7. The van der Waals surface area contributed by atoms with Crippen molar-refractivity contribution in [2.24, 2.45) is 0 Å². The van der Waals surface area contributed by atoms with Gasteiger partial charge in [-0.2, -0.15) is 9.97 Å². The summed E-state index contributed by atoms with van der Waals surface area (Å²) in [5, 5.41) is 22.9. The Morgan fingerprint density at radius 3 is 1.39 bits per heavy atom. The molecule has 2 N–H and O–H groups in total. The summed E-state index contributed by atoms with van der Waals surface area (Å²) < 4.78 is 10.7. The molecule has 0 radical (unpaired) electrons. The number of likely N-dealkylation sites (tertiary alicyclic amines) is 2. The lowest BCUT2D eigenvalue weighted by molar-refractivity contribution is -0.159. The third kappa shape index (κ3) is 7.57. The minimum Gasteiger partial charge on any atom is -0.473 e. The number of rotatable bonds is 4. The number of piperidine rings is 2. The van der Waals surface area contributed by atoms with Gasteiger partial charge in [0, 0.05) is 24.9 Å². The molecule has 2 aliphatic heterocycles. The van der Waals surface area contributed by atoms with Gasteiger partial charge < -0.3 is 29.1 Å². The van der Waals surface area contributed by atoms with Gasteiger partial charge in [0.1, 0.15) is 0 Å². The maximum Gasteiger partial charge on any atom is 0.414 e. The number of carboxylic acid groups (broad SMARTS) is 2. The minimum atomic E-state index is -1.82. The van der Waals surface area contributed by atoms with E-state index >= 15 is 0 Å². The molecule has 2 saturated heterocycles. The highest BCUT2D eigenvalue weighted by molar-refractivity contribution is 6.27. The molecule has 4 fully saturated rings. The van der Waals surface area contributed by atoms with Crippen LogP contribution in [0.4, 0.5) is 0 Å². The fourth-order valence-electron chi connectivity index (χ4n) is 4.58. The molecule has 2 aliphatic carbocycles. The molecular formula is C24H36N6O6. The van der Waals surface area contributed by atoms with Crippen LogP contribution in [0.25, 0.3) is 0 Å². The SMILES string of the molecule is CN1CCCC(c2nc(C3CC3)no2)C1.CN1CCCC(c2nc(C3CC3)no2)C1.O=C(O)C(=O)O. The second-order valence-electron chi connectivity index (χ2n) is 10.3. The second kappa shape index (κ2) is 11.9. The lowest BCUT2D eigenvalue weighted by Crippen LogP contribution is -2.30. The Morgan fingerprint density at radius 2 is 1.08 bits per heavy atom. The number of hydrogen-bond acceptors (Lipinski definition) is 10. The van der Waals surface area contributed by atoms with Gasteiger partial charge in [0.15, 0.2) is 11.6 Å². The molecule has 4 heterocycles. The van der Waals surface area contributed by atoms with Crippen molar-refractivity contribution in [1.82, 2.24) is 30.1 Å². The summed E-state index contributed by atoms with van der Waals surface area (Å²) in [5.41, 5.74) is 0. The maximum atomic E-state index is 9.10. The summed E-state index contributed by atoms with van der Waals surface area (Å²) in [4.78, 5) is 31.9. The second-order valence-corrected chi connectivity index (χ2v) is 10.3. The van der Waals surface area contributed by atoms with E-state index in [0.29, 0.717) is 23.7 Å². The van der Waals surface area contributed by atoms with Crippen LogP contribution < -0.4 is 0 Å². The van der Waals surface area contributed by atoms with E-state index in [1.807, 2.05) is 0 Å². The third-order valence-corrected chi connectivity index (χ3v) is 6.93. The van der Waals surface area contributed by atoms with Crippen LogP contribution in [0.1, 0.15) is 98.5 Å². The fourth-order valence-corrected chi connectivity index (χ4v) is 4.58. The van der Waals surface area contributed by atoms with Crippen LogP contribution >= 0.6 is 0 Å². The van der Waals surface area contributed by atoms with Crippen molar-refractivity contribution in [3.8, 4) is 0 Å². The number of carbonyl (C=O) groups is 2. The molecule has 0 bridgehead atoms. The van der Waals surface area contributed by atoms with Gasteiger partial charge in [-0.1, -0.05) is 10.3 Å². The number of hydrogen-bond donors (Lipinski definition) is 2. The molecule has 2 saturated carbocycles. The summed E-state index contributed by atoms with van der Waals surface area (Å²) >= 11 is 0. The molecule has 0 spiro atoms. The molecule has 2 aromatic heterocycles. The lowest BCUT2D eigenvalue weighted by atomic mass is 9.98. The minimum absolute atomic E-state index is 0.462. The fraction of sp³-hybridized carbons (Fsp3) is 0.750. The summed E-state index contributed by atoms with van der Waals surface area (Å²) in [6.07, 6.45) is 9.82. The molecule has 2 atom stereocenters. The van der Waals surface area contributed by atoms with Crippen molar-refractivity contribution < 1.29 is 28.8 Å². The highest BCUT2D eigenvalue weighted by Crippen LogP contribution is 2.39. The van der Waals surface area contributed by atoms with E-state index in [1.54, 1.807) is 0 Å². The number of likely N-dealkylation sites (N-methyl/N-ethyl adjacent to an activating group) is 2. The van der Waals surface area contributed by atoms with Crippen molar-refractivity contribution in [2.75, 3.05) is 40.3 Å². The molecule has 12 heteroatoms. The standard InChI is InChI=1S/2C11H17N3O.C2H2O4/c2*1-14-6-2-3-9(7-14)11-12-10(13-15-11)8-4-5-8;3-1(4)2(5)6/h2*8-9H,2-7H2,1H3;(H,3,4)(H,5,6). The zero-order valence-electron chi connectivity index (χ0n) is 21.0. The Labute approximate surface area is 210 Å². The van der Waals surface area contributed by atoms with Crippen molar-refractivity contribution in [1.29, 1.82) is 0 Å². The molecule has 0 amide bonds. The van der Waals surface area contributed by atoms with E-state index in [1.165, 1.54) is 64.5 Å². The predicted octanol–water partition coefficient (Wildman–Crippen LogP) is 2.67. The van der Waals surface area contributed by atoms with Gasteiger partial charge in [0.05, 0.1) is 11.8 Å². The van der Waals surface area contributed by atoms with E-state index in [4.69, 9.17) is 28.8 Å². The predicted molar refractivity (Wildman–Crippen MR) is 127 cm³/mol. The van der Waals surface area contributed by atoms with Crippen LogP contribution in [-0.2, 0) is 9.59 Å². The summed E-state index contributed by atoms with van der Waals surface area (Å²) in [6.45, 7) is 4.51. The molecular weight excluding hydrogens is 468 g/mol. The van der Waals surface area contributed by atoms with Gasteiger partial charge in [0.2, 0.25) is 11.8 Å². The van der Waals surface area contributed by atoms with Gasteiger partial charge in [-0.05, 0) is 78.6 Å². The average molecular weight is 505 g/mol. The van der Waals surface area contributed by atoms with Crippen molar-refractivity contribution >= 4 is 11.9 Å². The van der Waals surface area contributed by atoms with Gasteiger partial charge in [-0.3, -0.25) is 0 Å². The largest absolute Gasteiger partial charge is 0.473 e. The van der Waals surface area contributed by atoms with Crippen LogP contribution in [0.5, 0.6) is 0 Å². The molecule has 2 unspecified atom stereocenters. The molecule has 198 valence electrons. The smallest absolute Gasteiger partial charge is 0.414 e. The summed E-state index contributed by atoms with van der Waals surface area (Å²) in [5.74, 6) is 2.09. The van der Waals surface area contributed by atoms with E-state index in [-0.39, 0.29) is 0 Å². The van der Waals surface area contributed by atoms with Crippen LogP contribution in [-0.4, -0.2) is 92.5 Å². The molecule has 6 rings (SSSR count). The highest BCUT2D eigenvalue weighted by atomic mass is 16.5. The normalized spacial score (nSPS) is 24.7.